The van der Waals surface area contributed by atoms with Crippen LogP contribution < -0.4 is 0 Å². The van der Waals surface area contributed by atoms with Crippen molar-refractivity contribution < 1.29 is 4.74 Å². The Kier molecular flexibility index (Phi) is 3.92. The van der Waals surface area contributed by atoms with Crippen molar-refractivity contribution in [3.05, 3.63) is 0 Å². The van der Waals surface area contributed by atoms with Gasteiger partial charge in [-0.1, -0.05) is 19.8 Å². The maximum Gasteiger partial charge on any atom is 0.0468 e. The Hall–Kier alpha value is -0.0400. The number of hydrogen-bond acceptors (Lipinski definition) is 1. The summed E-state index contributed by atoms with van der Waals surface area (Å²) in [5.74, 6) is 2.07. The van der Waals surface area contributed by atoms with Crippen LogP contribution in [0.3, 0.4) is 0 Å². The van der Waals surface area contributed by atoms with Crippen molar-refractivity contribution >= 4 is 0 Å². The Morgan fingerprint density at radius 3 is 2.55 bits per heavy atom. The van der Waals surface area contributed by atoms with Gasteiger partial charge in [0, 0.05) is 13.2 Å². The highest BCUT2D eigenvalue weighted by molar-refractivity contribution is 4.85. The van der Waals surface area contributed by atoms with Crippen LogP contribution >= 0.6 is 0 Å². The van der Waals surface area contributed by atoms with Gasteiger partial charge in [-0.3, -0.25) is 0 Å². The van der Waals surface area contributed by atoms with E-state index in [-0.39, 0.29) is 0 Å². The van der Waals surface area contributed by atoms with Gasteiger partial charge in [0.1, 0.15) is 0 Å². The van der Waals surface area contributed by atoms with Gasteiger partial charge in [0.05, 0.1) is 0 Å². The van der Waals surface area contributed by atoms with Crippen molar-refractivity contribution in [1.82, 2.24) is 0 Å². The summed E-state index contributed by atoms with van der Waals surface area (Å²) < 4.78 is 5.31. The normalized spacial score (nSPS) is 28.9. The molecule has 0 radical (unpaired) electrons. The monoisotopic (exact) mass is 156 g/mol. The second kappa shape index (κ2) is 4.76. The Bertz CT molecular complexity index is 101. The summed E-state index contributed by atoms with van der Waals surface area (Å²) >= 11 is 0. The third-order valence-corrected chi connectivity index (χ3v) is 2.57. The fraction of sp³-hybridized carbons (Fsp3) is 1.00. The minimum absolute atomic E-state index is 0.880. The lowest BCUT2D eigenvalue weighted by Crippen LogP contribution is -1.95. The lowest BCUT2D eigenvalue weighted by molar-refractivity contribution is 0.140. The zero-order chi connectivity index (χ0) is 8.10. The third kappa shape index (κ3) is 3.24. The van der Waals surface area contributed by atoms with Gasteiger partial charge in [-0.2, -0.15) is 0 Å². The molecule has 0 aliphatic heterocycles. The van der Waals surface area contributed by atoms with Crippen molar-refractivity contribution in [3.63, 3.8) is 0 Å². The maximum absolute atomic E-state index is 5.31. The van der Waals surface area contributed by atoms with E-state index < -0.39 is 0 Å². The molecule has 1 aliphatic carbocycles. The summed E-state index contributed by atoms with van der Waals surface area (Å²) in [6.07, 6.45) is 5.58. The molecule has 0 aromatic carbocycles. The first-order valence-electron chi connectivity index (χ1n) is 4.96. The van der Waals surface area contributed by atoms with Crippen LogP contribution in [-0.2, 0) is 4.74 Å². The highest BCUT2D eigenvalue weighted by Crippen LogP contribution is 2.44. The van der Waals surface area contributed by atoms with Crippen LogP contribution in [0.15, 0.2) is 0 Å². The van der Waals surface area contributed by atoms with E-state index in [1.165, 1.54) is 25.7 Å². The van der Waals surface area contributed by atoms with Crippen molar-refractivity contribution in [1.29, 1.82) is 0 Å². The Labute approximate surface area is 70.1 Å². The largest absolute Gasteiger partial charge is 0.382 e. The highest BCUT2D eigenvalue weighted by atomic mass is 16.5. The Morgan fingerprint density at radius 1 is 1.18 bits per heavy atom. The summed E-state index contributed by atoms with van der Waals surface area (Å²) in [6.45, 7) is 6.21. The topological polar surface area (TPSA) is 9.23 Å². The molecule has 1 fully saturated rings. The van der Waals surface area contributed by atoms with Crippen LogP contribution in [0.1, 0.15) is 39.5 Å². The van der Waals surface area contributed by atoms with Crippen LogP contribution in [0.25, 0.3) is 0 Å². The molecule has 0 amide bonds. The van der Waals surface area contributed by atoms with Gasteiger partial charge in [-0.15, -0.1) is 0 Å². The molecular formula is C10H20O. The van der Waals surface area contributed by atoms with Crippen molar-refractivity contribution in [2.75, 3.05) is 13.2 Å². The zero-order valence-corrected chi connectivity index (χ0v) is 7.81. The van der Waals surface area contributed by atoms with Crippen molar-refractivity contribution in [3.8, 4) is 0 Å². The first-order chi connectivity index (χ1) is 5.38. The van der Waals surface area contributed by atoms with Crippen LogP contribution in [0, 0.1) is 11.8 Å². The molecule has 0 aromatic rings. The van der Waals surface area contributed by atoms with Crippen molar-refractivity contribution in [2.24, 2.45) is 11.8 Å². The Morgan fingerprint density at radius 2 is 1.91 bits per heavy atom. The predicted molar refractivity (Wildman–Crippen MR) is 47.6 cm³/mol. The van der Waals surface area contributed by atoms with Gasteiger partial charge < -0.3 is 4.74 Å². The van der Waals surface area contributed by atoms with Gasteiger partial charge in [-0.25, -0.2) is 0 Å². The first-order valence-corrected chi connectivity index (χ1v) is 4.96. The molecule has 11 heavy (non-hydrogen) atoms. The molecule has 1 saturated carbocycles. The molecular weight excluding hydrogens is 136 g/mol. The summed E-state index contributed by atoms with van der Waals surface area (Å²) in [5, 5.41) is 0. The number of ether oxygens (including phenoxy) is 1. The minimum atomic E-state index is 0.880. The maximum atomic E-state index is 5.31. The quantitative estimate of drug-likeness (QED) is 0.537. The number of rotatable bonds is 6. The molecule has 1 heteroatoms. The van der Waals surface area contributed by atoms with Crippen LogP contribution in [0.4, 0.5) is 0 Å². The summed E-state index contributed by atoms with van der Waals surface area (Å²) in [4.78, 5) is 0. The van der Waals surface area contributed by atoms with E-state index in [0.29, 0.717) is 0 Å². The lowest BCUT2D eigenvalue weighted by atomic mass is 10.2. The van der Waals surface area contributed by atoms with E-state index in [0.717, 1.165) is 25.0 Å². The molecule has 66 valence electrons. The predicted octanol–water partition coefficient (Wildman–Crippen LogP) is 2.85. The smallest absolute Gasteiger partial charge is 0.0468 e. The molecule has 2 unspecified atom stereocenters. The fourth-order valence-electron chi connectivity index (χ4n) is 1.77. The fourth-order valence-corrected chi connectivity index (χ4v) is 1.77. The van der Waals surface area contributed by atoms with Gasteiger partial charge in [0.25, 0.3) is 0 Å². The van der Waals surface area contributed by atoms with E-state index >= 15 is 0 Å². The van der Waals surface area contributed by atoms with E-state index in [1.807, 2.05) is 0 Å². The lowest BCUT2D eigenvalue weighted by Gasteiger charge is -1.99. The van der Waals surface area contributed by atoms with E-state index in [9.17, 15) is 0 Å². The SMILES string of the molecule is CCCC1CC1CCOCC. The molecule has 0 bridgehead atoms. The second-order valence-electron chi connectivity index (χ2n) is 3.53. The van der Waals surface area contributed by atoms with Crippen LogP contribution in [0.5, 0.6) is 0 Å². The van der Waals surface area contributed by atoms with E-state index in [1.54, 1.807) is 0 Å². The number of hydrogen-bond donors (Lipinski definition) is 0. The molecule has 0 N–H and O–H groups in total. The van der Waals surface area contributed by atoms with Gasteiger partial charge in [-0.05, 0) is 31.6 Å². The molecule has 1 nitrogen and oxygen atoms in total. The molecule has 0 heterocycles. The van der Waals surface area contributed by atoms with Gasteiger partial charge in [0.15, 0.2) is 0 Å². The first kappa shape index (κ1) is 9.05. The molecule has 2 atom stereocenters. The molecule has 1 rings (SSSR count). The van der Waals surface area contributed by atoms with E-state index in [4.69, 9.17) is 4.74 Å². The van der Waals surface area contributed by atoms with Crippen LogP contribution in [0.2, 0.25) is 0 Å². The summed E-state index contributed by atoms with van der Waals surface area (Å²) in [5.41, 5.74) is 0. The average Bonchev–Trinajstić information content (AvgIpc) is 2.70. The second-order valence-corrected chi connectivity index (χ2v) is 3.53. The molecule has 0 saturated heterocycles. The summed E-state index contributed by atoms with van der Waals surface area (Å²) in [7, 11) is 0. The highest BCUT2D eigenvalue weighted by Gasteiger charge is 2.34. The van der Waals surface area contributed by atoms with Crippen LogP contribution in [-0.4, -0.2) is 13.2 Å². The third-order valence-electron chi connectivity index (χ3n) is 2.57. The zero-order valence-electron chi connectivity index (χ0n) is 7.81. The minimum Gasteiger partial charge on any atom is -0.382 e. The van der Waals surface area contributed by atoms with E-state index in [2.05, 4.69) is 13.8 Å². The summed E-state index contributed by atoms with van der Waals surface area (Å²) in [6, 6.07) is 0. The molecule has 1 aliphatic rings. The average molecular weight is 156 g/mol. The van der Waals surface area contributed by atoms with Gasteiger partial charge in [0.2, 0.25) is 0 Å². The van der Waals surface area contributed by atoms with Gasteiger partial charge >= 0.3 is 0 Å². The molecule has 0 spiro atoms. The standard InChI is InChI=1S/C10H20O/c1-3-5-9-8-10(9)6-7-11-4-2/h9-10H,3-8H2,1-2H3. The Balaban J connectivity index is 1.87. The molecule has 0 aromatic heterocycles. The van der Waals surface area contributed by atoms with Crippen molar-refractivity contribution in [2.45, 2.75) is 39.5 Å².